The summed E-state index contributed by atoms with van der Waals surface area (Å²) in [7, 11) is 0. The second-order valence-corrected chi connectivity index (χ2v) is 4.39. The third-order valence-electron chi connectivity index (χ3n) is 1.85. The van der Waals surface area contributed by atoms with E-state index in [1.165, 1.54) is 0 Å². The molecule has 2 atom stereocenters. The minimum Gasteiger partial charge on any atom is -0.399 e. The van der Waals surface area contributed by atoms with Gasteiger partial charge in [0.2, 0.25) is 0 Å². The average Bonchev–Trinajstić information content (AvgIpc) is 2.08. The van der Waals surface area contributed by atoms with Crippen LogP contribution in [-0.2, 0) is 17.5 Å². The molecule has 0 saturated heterocycles. The lowest BCUT2D eigenvalue weighted by Gasteiger charge is -2.06. The van der Waals surface area contributed by atoms with Gasteiger partial charge in [-0.25, -0.2) is 4.21 Å². The van der Waals surface area contributed by atoms with Gasteiger partial charge >= 0.3 is 0 Å². The van der Waals surface area contributed by atoms with Crippen molar-refractivity contribution in [3.8, 4) is 0 Å². The molecule has 0 heterocycles. The second-order valence-electron chi connectivity index (χ2n) is 3.03. The fourth-order valence-electron chi connectivity index (χ4n) is 1.06. The molecule has 2 unspecified atom stereocenters. The summed E-state index contributed by atoms with van der Waals surface area (Å²) in [5, 5.41) is -0.233. The molecule has 72 valence electrons. The van der Waals surface area contributed by atoms with Crippen LogP contribution in [0.3, 0.4) is 0 Å². The van der Waals surface area contributed by atoms with Gasteiger partial charge in [-0.2, -0.15) is 0 Å². The van der Waals surface area contributed by atoms with E-state index in [1.807, 2.05) is 12.1 Å². The number of hydrogen-bond acceptors (Lipinski definition) is 2. The van der Waals surface area contributed by atoms with E-state index in [-0.39, 0.29) is 5.25 Å². The number of nitrogens with two attached hydrogens (primary N) is 1. The lowest BCUT2D eigenvalue weighted by Crippen LogP contribution is -2.12. The van der Waals surface area contributed by atoms with Crippen molar-refractivity contribution in [2.45, 2.75) is 18.6 Å². The van der Waals surface area contributed by atoms with Crippen LogP contribution in [0.2, 0.25) is 0 Å². The Morgan fingerprint density at radius 3 is 2.46 bits per heavy atom. The van der Waals surface area contributed by atoms with Crippen molar-refractivity contribution in [1.82, 2.24) is 0 Å². The summed E-state index contributed by atoms with van der Waals surface area (Å²) >= 11 is -1.75. The molecule has 0 aromatic heterocycles. The minimum atomic E-state index is -1.75. The Labute approximate surface area is 80.2 Å². The highest BCUT2D eigenvalue weighted by molar-refractivity contribution is 7.79. The Balaban J connectivity index is 2.64. The predicted octanol–water partition coefficient (Wildman–Crippen LogP) is 1.42. The first-order chi connectivity index (χ1) is 6.09. The van der Waals surface area contributed by atoms with Gasteiger partial charge in [-0.3, -0.25) is 0 Å². The maximum absolute atomic E-state index is 10.7. The van der Waals surface area contributed by atoms with Gasteiger partial charge in [0, 0.05) is 5.69 Å². The Hall–Kier alpha value is -0.870. The molecule has 0 aliphatic heterocycles. The number of rotatable bonds is 3. The molecule has 1 aromatic carbocycles. The summed E-state index contributed by atoms with van der Waals surface area (Å²) < 4.78 is 19.4. The van der Waals surface area contributed by atoms with Crippen molar-refractivity contribution in [2.24, 2.45) is 0 Å². The molecule has 1 rings (SSSR count). The SMILES string of the molecule is CC(Cc1ccc(N)cc1)S(=O)O. The Morgan fingerprint density at radius 1 is 1.46 bits per heavy atom. The van der Waals surface area contributed by atoms with Crippen molar-refractivity contribution in [1.29, 1.82) is 0 Å². The monoisotopic (exact) mass is 199 g/mol. The van der Waals surface area contributed by atoms with Crippen LogP contribution in [0.5, 0.6) is 0 Å². The standard InChI is InChI=1S/C9H13NO2S/c1-7(13(11)12)6-8-2-4-9(10)5-3-8/h2-5,7H,6,10H2,1H3,(H,11,12). The molecular weight excluding hydrogens is 186 g/mol. The van der Waals surface area contributed by atoms with E-state index in [0.717, 1.165) is 5.56 Å². The first-order valence-electron chi connectivity index (χ1n) is 4.03. The summed E-state index contributed by atoms with van der Waals surface area (Å²) in [4.78, 5) is 0. The van der Waals surface area contributed by atoms with E-state index in [2.05, 4.69) is 0 Å². The molecule has 0 aliphatic carbocycles. The molecule has 0 bridgehead atoms. The first kappa shape index (κ1) is 10.2. The minimum absolute atomic E-state index is 0.233. The molecule has 13 heavy (non-hydrogen) atoms. The van der Waals surface area contributed by atoms with Gasteiger partial charge in [0.1, 0.15) is 0 Å². The van der Waals surface area contributed by atoms with E-state index in [1.54, 1.807) is 19.1 Å². The molecule has 0 aliphatic rings. The van der Waals surface area contributed by atoms with Crippen LogP contribution in [0.4, 0.5) is 5.69 Å². The average molecular weight is 199 g/mol. The highest BCUT2D eigenvalue weighted by atomic mass is 32.2. The lowest BCUT2D eigenvalue weighted by atomic mass is 10.1. The zero-order valence-electron chi connectivity index (χ0n) is 7.43. The van der Waals surface area contributed by atoms with Gasteiger partial charge in [-0.05, 0) is 31.0 Å². The van der Waals surface area contributed by atoms with Crippen LogP contribution in [0.25, 0.3) is 0 Å². The molecule has 3 N–H and O–H groups in total. The van der Waals surface area contributed by atoms with Gasteiger partial charge in [-0.15, -0.1) is 0 Å². The van der Waals surface area contributed by atoms with Gasteiger partial charge in [0.05, 0.1) is 5.25 Å². The number of nitrogen functional groups attached to an aromatic ring is 1. The third-order valence-corrected chi connectivity index (χ3v) is 2.70. The smallest absolute Gasteiger partial charge is 0.156 e. The number of anilines is 1. The summed E-state index contributed by atoms with van der Waals surface area (Å²) in [6.07, 6.45) is 0.601. The fraction of sp³-hybridized carbons (Fsp3) is 0.333. The first-order valence-corrected chi connectivity index (χ1v) is 5.20. The molecule has 0 spiro atoms. The molecule has 0 saturated carbocycles. The van der Waals surface area contributed by atoms with Crippen molar-refractivity contribution >= 4 is 16.8 Å². The van der Waals surface area contributed by atoms with E-state index < -0.39 is 11.1 Å². The van der Waals surface area contributed by atoms with E-state index >= 15 is 0 Å². The van der Waals surface area contributed by atoms with Crippen molar-refractivity contribution in [3.63, 3.8) is 0 Å². The van der Waals surface area contributed by atoms with Gasteiger partial charge < -0.3 is 10.3 Å². The van der Waals surface area contributed by atoms with Crippen molar-refractivity contribution in [2.75, 3.05) is 5.73 Å². The van der Waals surface area contributed by atoms with Gasteiger partial charge in [0.25, 0.3) is 0 Å². The van der Waals surface area contributed by atoms with E-state index in [0.29, 0.717) is 12.1 Å². The zero-order valence-corrected chi connectivity index (χ0v) is 8.25. The van der Waals surface area contributed by atoms with Crippen molar-refractivity contribution in [3.05, 3.63) is 29.8 Å². The Morgan fingerprint density at radius 2 is 2.00 bits per heavy atom. The maximum Gasteiger partial charge on any atom is 0.156 e. The van der Waals surface area contributed by atoms with Crippen molar-refractivity contribution < 1.29 is 8.76 Å². The van der Waals surface area contributed by atoms with Crippen LogP contribution in [0.15, 0.2) is 24.3 Å². The highest BCUT2D eigenvalue weighted by Gasteiger charge is 2.08. The normalized spacial score (nSPS) is 15.2. The number of benzene rings is 1. The summed E-state index contributed by atoms with van der Waals surface area (Å²) in [5.74, 6) is 0. The molecule has 4 heteroatoms. The van der Waals surface area contributed by atoms with Gasteiger partial charge in [0.15, 0.2) is 11.1 Å². The molecule has 3 nitrogen and oxygen atoms in total. The molecule has 1 aromatic rings. The second kappa shape index (κ2) is 4.39. The summed E-state index contributed by atoms with van der Waals surface area (Å²) in [5.41, 5.74) is 7.25. The largest absolute Gasteiger partial charge is 0.399 e. The number of hydrogen-bond donors (Lipinski definition) is 2. The summed E-state index contributed by atoms with van der Waals surface area (Å²) in [6.45, 7) is 1.74. The molecule has 0 radical (unpaired) electrons. The van der Waals surface area contributed by atoms with Crippen LogP contribution < -0.4 is 5.73 Å². The lowest BCUT2D eigenvalue weighted by molar-refractivity contribution is 0.550. The summed E-state index contributed by atoms with van der Waals surface area (Å²) in [6, 6.07) is 7.34. The quantitative estimate of drug-likeness (QED) is 0.571. The van der Waals surface area contributed by atoms with Crippen LogP contribution in [-0.4, -0.2) is 14.0 Å². The van der Waals surface area contributed by atoms with Crippen LogP contribution in [0.1, 0.15) is 12.5 Å². The van der Waals surface area contributed by atoms with Gasteiger partial charge in [-0.1, -0.05) is 12.1 Å². The zero-order chi connectivity index (χ0) is 9.84. The van der Waals surface area contributed by atoms with E-state index in [9.17, 15) is 4.21 Å². The topological polar surface area (TPSA) is 63.3 Å². The Bertz CT molecular complexity index is 297. The van der Waals surface area contributed by atoms with Crippen LogP contribution >= 0.6 is 0 Å². The molecule has 0 amide bonds. The highest BCUT2D eigenvalue weighted by Crippen LogP contribution is 2.09. The fourth-order valence-corrected chi connectivity index (χ4v) is 1.39. The predicted molar refractivity (Wildman–Crippen MR) is 54.8 cm³/mol. The molecule has 0 fully saturated rings. The maximum atomic E-state index is 10.7. The molecular formula is C9H13NO2S. The third kappa shape index (κ3) is 3.16. The van der Waals surface area contributed by atoms with Crippen LogP contribution in [0, 0.1) is 0 Å². The van der Waals surface area contributed by atoms with E-state index in [4.69, 9.17) is 10.3 Å². The Kier molecular flexibility index (Phi) is 3.45.